The molecule has 3 aromatic rings. The Morgan fingerprint density at radius 1 is 1.24 bits per heavy atom. The van der Waals surface area contributed by atoms with Crippen molar-refractivity contribution in [3.05, 3.63) is 47.7 Å². The first kappa shape index (κ1) is 21.6. The highest BCUT2D eigenvalue weighted by Gasteiger charge is 2.31. The number of hydrogen-bond acceptors (Lipinski definition) is 7. The Hall–Kier alpha value is -3.27. The minimum Gasteiger partial charge on any atom is -0.481 e. The Kier molecular flexibility index (Phi) is 5.84. The minimum absolute atomic E-state index is 0.0370. The van der Waals surface area contributed by atoms with E-state index in [0.29, 0.717) is 41.3 Å². The van der Waals surface area contributed by atoms with E-state index in [1.807, 2.05) is 6.07 Å². The van der Waals surface area contributed by atoms with E-state index < -0.39 is 5.82 Å². The van der Waals surface area contributed by atoms with Gasteiger partial charge in [0.05, 0.1) is 31.6 Å². The fraction of sp³-hybridized carbons (Fsp3) is 0.478. The zero-order chi connectivity index (χ0) is 22.9. The standard InChI is InChI=1S/C23H27FN6O3/c1-33-23-17(11-14(24)12-25-23)19-3-2-9-29(19)20-8-10-30-21(28-20)18(13-26-30)22(32)27-15-4-6-16(31)7-5-15/h8,10-13,15-16,19,31H,2-7,9H2,1H3,(H,27,32)/t15-,16-,19-/m1/s1. The topological polar surface area (TPSA) is 105 Å². The van der Waals surface area contributed by atoms with E-state index in [1.165, 1.54) is 19.4 Å². The molecule has 2 fully saturated rings. The van der Waals surface area contributed by atoms with Crippen LogP contribution in [0.1, 0.15) is 60.5 Å². The summed E-state index contributed by atoms with van der Waals surface area (Å²) in [5.41, 5.74) is 1.56. The zero-order valence-corrected chi connectivity index (χ0v) is 18.4. The SMILES string of the molecule is COc1ncc(F)cc1[C@H]1CCCN1c1ccn2ncc(C(=O)N[C@H]3CC[C@H](O)CC3)c2n1. The number of amides is 1. The molecule has 0 bridgehead atoms. The highest BCUT2D eigenvalue weighted by molar-refractivity contribution is 5.99. The fourth-order valence-corrected chi connectivity index (χ4v) is 4.88. The molecule has 2 aliphatic rings. The van der Waals surface area contributed by atoms with E-state index in [0.717, 1.165) is 38.4 Å². The second-order valence-electron chi connectivity index (χ2n) is 8.69. The zero-order valence-electron chi connectivity index (χ0n) is 18.4. The van der Waals surface area contributed by atoms with Gasteiger partial charge in [-0.2, -0.15) is 5.10 Å². The summed E-state index contributed by atoms with van der Waals surface area (Å²) < 4.78 is 20.9. The molecule has 1 aliphatic carbocycles. The molecular formula is C23H27FN6O3. The van der Waals surface area contributed by atoms with E-state index >= 15 is 0 Å². The number of fused-ring (bicyclic) bond motifs is 1. The lowest BCUT2D eigenvalue weighted by molar-refractivity contribution is 0.0869. The maximum atomic E-state index is 14.0. The van der Waals surface area contributed by atoms with Crippen molar-refractivity contribution in [3.63, 3.8) is 0 Å². The summed E-state index contributed by atoms with van der Waals surface area (Å²) in [4.78, 5) is 23.9. The molecule has 2 N–H and O–H groups in total. The van der Waals surface area contributed by atoms with Gasteiger partial charge in [0, 0.05) is 24.3 Å². The van der Waals surface area contributed by atoms with E-state index in [1.54, 1.807) is 10.7 Å². The van der Waals surface area contributed by atoms with E-state index in [4.69, 9.17) is 9.72 Å². The number of methoxy groups -OCH3 is 1. The van der Waals surface area contributed by atoms with Gasteiger partial charge in [0.1, 0.15) is 17.2 Å². The predicted octanol–water partition coefficient (Wildman–Crippen LogP) is 2.65. The first-order valence-corrected chi connectivity index (χ1v) is 11.3. The third-order valence-corrected chi connectivity index (χ3v) is 6.58. The Bertz CT molecular complexity index is 1160. The molecule has 1 saturated carbocycles. The van der Waals surface area contributed by atoms with Crippen molar-refractivity contribution < 1.29 is 19.0 Å². The van der Waals surface area contributed by atoms with Gasteiger partial charge < -0.3 is 20.1 Å². The van der Waals surface area contributed by atoms with Crippen LogP contribution in [0.2, 0.25) is 0 Å². The molecule has 0 unspecified atom stereocenters. The predicted molar refractivity (Wildman–Crippen MR) is 119 cm³/mol. The van der Waals surface area contributed by atoms with Gasteiger partial charge in [-0.05, 0) is 50.7 Å². The molecule has 10 heteroatoms. The fourth-order valence-electron chi connectivity index (χ4n) is 4.88. The number of nitrogens with zero attached hydrogens (tertiary/aromatic N) is 5. The lowest BCUT2D eigenvalue weighted by atomic mass is 9.93. The van der Waals surface area contributed by atoms with Crippen molar-refractivity contribution in [2.75, 3.05) is 18.6 Å². The van der Waals surface area contributed by atoms with Crippen LogP contribution in [0.5, 0.6) is 5.88 Å². The third kappa shape index (κ3) is 4.22. The summed E-state index contributed by atoms with van der Waals surface area (Å²) in [7, 11) is 1.53. The number of rotatable bonds is 5. The Morgan fingerprint density at radius 2 is 2.06 bits per heavy atom. The van der Waals surface area contributed by atoms with Gasteiger partial charge >= 0.3 is 0 Å². The molecule has 0 radical (unpaired) electrons. The van der Waals surface area contributed by atoms with Gasteiger partial charge in [-0.15, -0.1) is 0 Å². The molecule has 33 heavy (non-hydrogen) atoms. The summed E-state index contributed by atoms with van der Waals surface area (Å²) in [5.74, 6) is 0.458. The van der Waals surface area contributed by atoms with Crippen LogP contribution >= 0.6 is 0 Å². The largest absolute Gasteiger partial charge is 0.481 e. The van der Waals surface area contributed by atoms with E-state index in [9.17, 15) is 14.3 Å². The van der Waals surface area contributed by atoms with Gasteiger partial charge in [-0.1, -0.05) is 0 Å². The number of halogens is 1. The molecule has 0 aromatic carbocycles. The molecule has 4 heterocycles. The second-order valence-corrected chi connectivity index (χ2v) is 8.69. The van der Waals surface area contributed by atoms with Crippen molar-refractivity contribution in [2.24, 2.45) is 0 Å². The van der Waals surface area contributed by atoms with Gasteiger partial charge in [-0.25, -0.2) is 18.9 Å². The molecule has 9 nitrogen and oxygen atoms in total. The van der Waals surface area contributed by atoms with Crippen LogP contribution in [0, 0.1) is 5.82 Å². The molecule has 0 spiro atoms. The lowest BCUT2D eigenvalue weighted by Crippen LogP contribution is -2.38. The molecule has 5 rings (SSSR count). The normalized spacial score (nSPS) is 23.1. The van der Waals surface area contributed by atoms with Crippen LogP contribution in [-0.2, 0) is 0 Å². The van der Waals surface area contributed by atoms with Crippen molar-refractivity contribution >= 4 is 17.4 Å². The molecule has 1 atom stereocenters. The number of ether oxygens (including phenoxy) is 1. The average Bonchev–Trinajstić information content (AvgIpc) is 3.47. The number of carbonyl (C=O) groups is 1. The van der Waals surface area contributed by atoms with Gasteiger partial charge in [-0.3, -0.25) is 4.79 Å². The number of anilines is 1. The van der Waals surface area contributed by atoms with Crippen LogP contribution in [0.25, 0.3) is 5.65 Å². The smallest absolute Gasteiger partial charge is 0.256 e. The Labute approximate surface area is 190 Å². The summed E-state index contributed by atoms with van der Waals surface area (Å²) in [5, 5.41) is 17.0. The molecule has 1 saturated heterocycles. The van der Waals surface area contributed by atoms with Crippen LogP contribution in [0.3, 0.4) is 0 Å². The molecule has 3 aromatic heterocycles. The number of aliphatic hydroxyl groups is 1. The molecule has 1 amide bonds. The van der Waals surface area contributed by atoms with E-state index in [2.05, 4.69) is 20.3 Å². The number of pyridine rings is 1. The number of aromatic nitrogens is 4. The maximum Gasteiger partial charge on any atom is 0.256 e. The van der Waals surface area contributed by atoms with Gasteiger partial charge in [0.25, 0.3) is 5.91 Å². The maximum absolute atomic E-state index is 14.0. The number of carbonyl (C=O) groups excluding carboxylic acids is 1. The summed E-state index contributed by atoms with van der Waals surface area (Å²) in [6.45, 7) is 0.744. The quantitative estimate of drug-likeness (QED) is 0.611. The highest BCUT2D eigenvalue weighted by atomic mass is 19.1. The number of hydrogen-bond donors (Lipinski definition) is 2. The molecule has 1 aliphatic heterocycles. The summed E-state index contributed by atoms with van der Waals surface area (Å²) in [6, 6.07) is 3.22. The number of aliphatic hydroxyl groups excluding tert-OH is 1. The second kappa shape index (κ2) is 8.93. The average molecular weight is 455 g/mol. The molecule has 174 valence electrons. The van der Waals surface area contributed by atoms with Crippen molar-refractivity contribution in [3.8, 4) is 5.88 Å². The molecular weight excluding hydrogens is 427 g/mol. The monoisotopic (exact) mass is 454 g/mol. The van der Waals surface area contributed by atoms with Gasteiger partial charge in [0.15, 0.2) is 5.65 Å². The van der Waals surface area contributed by atoms with Crippen LogP contribution < -0.4 is 15.0 Å². The van der Waals surface area contributed by atoms with Crippen LogP contribution in [0.4, 0.5) is 10.2 Å². The first-order chi connectivity index (χ1) is 16.0. The van der Waals surface area contributed by atoms with Crippen LogP contribution in [0.15, 0.2) is 30.7 Å². The van der Waals surface area contributed by atoms with Crippen molar-refractivity contribution in [1.29, 1.82) is 0 Å². The third-order valence-electron chi connectivity index (χ3n) is 6.58. The lowest BCUT2D eigenvalue weighted by Gasteiger charge is -2.27. The highest BCUT2D eigenvalue weighted by Crippen LogP contribution is 2.39. The van der Waals surface area contributed by atoms with E-state index in [-0.39, 0.29) is 24.1 Å². The van der Waals surface area contributed by atoms with Crippen molar-refractivity contribution in [2.45, 2.75) is 56.7 Å². The summed E-state index contributed by atoms with van der Waals surface area (Å²) in [6.07, 6.45) is 8.80. The summed E-state index contributed by atoms with van der Waals surface area (Å²) >= 11 is 0. The first-order valence-electron chi connectivity index (χ1n) is 11.3. The van der Waals surface area contributed by atoms with Gasteiger partial charge in [0.2, 0.25) is 5.88 Å². The minimum atomic E-state index is -0.411. The Morgan fingerprint density at radius 3 is 2.85 bits per heavy atom. The Balaban J connectivity index is 1.42. The van der Waals surface area contributed by atoms with Crippen LogP contribution in [-0.4, -0.2) is 56.4 Å². The van der Waals surface area contributed by atoms with Crippen molar-refractivity contribution in [1.82, 2.24) is 24.9 Å². The number of nitrogens with one attached hydrogen (secondary N) is 1.